The average molecular weight is 2630 g/mol. The number of benzene rings is 8. The van der Waals surface area contributed by atoms with E-state index in [9.17, 15) is 0 Å². The van der Waals surface area contributed by atoms with Gasteiger partial charge in [-0.25, -0.2) is 0 Å². The van der Waals surface area contributed by atoms with Crippen LogP contribution in [0.15, 0.2) is 316 Å². The minimum atomic E-state index is -1.42. The summed E-state index contributed by atoms with van der Waals surface area (Å²) >= 11 is 0. The molecule has 2 atom stereocenters. The summed E-state index contributed by atoms with van der Waals surface area (Å²) in [7, 11) is -5.53. The minimum absolute atomic E-state index is 0. The van der Waals surface area contributed by atoms with Crippen molar-refractivity contribution >= 4 is 53.0 Å². The normalized spacial score (nSPS) is 11.4. The minimum Gasteiger partial charge on any atom is -0.305 e. The Morgan fingerprint density at radius 2 is 0.550 bits per heavy atom. The molecule has 0 bridgehead atoms. The van der Waals surface area contributed by atoms with Gasteiger partial charge in [0.15, 0.2) is 0 Å². The first-order chi connectivity index (χ1) is 64.5. The number of aryl methyl sites for hydroxylation is 5. The van der Waals surface area contributed by atoms with Crippen LogP contribution in [0.3, 0.4) is 0 Å². The van der Waals surface area contributed by atoms with E-state index in [4.69, 9.17) is 19.9 Å². The third-order valence-electron chi connectivity index (χ3n) is 23.4. The molecule has 2 unspecified atom stereocenters. The second-order valence-corrected chi connectivity index (χ2v) is 62.0. The molecule has 0 aliphatic rings. The van der Waals surface area contributed by atoms with Crippen molar-refractivity contribution < 1.29 is 80.4 Å². The Kier molecular flexibility index (Phi) is 50.3. The molecule has 8 aromatic carbocycles. The monoisotopic (exact) mass is 2630 g/mol. The van der Waals surface area contributed by atoms with Crippen molar-refractivity contribution in [3.63, 3.8) is 0 Å². The zero-order chi connectivity index (χ0) is 98.8. The number of unbranched alkanes of at least 4 members (excludes halogenated alkanes) is 1. The van der Waals surface area contributed by atoms with Gasteiger partial charge in [-0.15, -0.1) is 285 Å². The number of rotatable bonds is 19. The van der Waals surface area contributed by atoms with Crippen LogP contribution in [0.4, 0.5) is 0 Å². The predicted molar refractivity (Wildman–Crippen MR) is 592 cm³/mol. The fourth-order valence-corrected chi connectivity index (χ4v) is 21.3. The predicted octanol–water partition coefficient (Wildman–Crippen LogP) is 30.6. The molecule has 0 aliphatic heterocycles. The van der Waals surface area contributed by atoms with Crippen LogP contribution < -0.4 is 20.7 Å². The molecule has 8 heterocycles. The van der Waals surface area contributed by atoms with Crippen LogP contribution in [0, 0.1) is 93.0 Å². The molecule has 16 heteroatoms. The van der Waals surface area contributed by atoms with E-state index < -0.39 is 32.3 Å². The summed E-state index contributed by atoms with van der Waals surface area (Å²) < 4.78 is 0. The Hall–Kier alpha value is -9.58. The molecule has 0 saturated carbocycles. The van der Waals surface area contributed by atoms with Crippen LogP contribution in [0.5, 0.6) is 0 Å². The van der Waals surface area contributed by atoms with E-state index in [0.717, 1.165) is 103 Å². The first-order valence-electron chi connectivity index (χ1n) is 48.0. The van der Waals surface area contributed by atoms with Gasteiger partial charge in [0.1, 0.15) is 0 Å². The van der Waals surface area contributed by atoms with Crippen LogP contribution in [0.25, 0.3) is 90.1 Å². The van der Waals surface area contributed by atoms with E-state index in [-0.39, 0.29) is 91.3 Å². The van der Waals surface area contributed by atoms with Gasteiger partial charge in [-0.1, -0.05) is 284 Å². The summed E-state index contributed by atoms with van der Waals surface area (Å²) in [5, 5.41) is 5.96. The summed E-state index contributed by atoms with van der Waals surface area (Å²) in [6.07, 6.45) is 20.4. The number of hydrogen-bond acceptors (Lipinski definition) is 8. The molecule has 0 saturated heterocycles. The Balaban J connectivity index is 0.000000285. The second-order valence-electron chi connectivity index (χ2n) is 41.8. The van der Waals surface area contributed by atoms with Crippen molar-refractivity contribution in [2.75, 3.05) is 0 Å². The summed E-state index contributed by atoms with van der Waals surface area (Å²) in [6, 6.07) is 115. The quantitative estimate of drug-likeness (QED) is 0.0583. The topological polar surface area (TPSA) is 103 Å². The van der Waals surface area contributed by atoms with Crippen LogP contribution in [-0.2, 0) is 93.3 Å². The third-order valence-corrected chi connectivity index (χ3v) is 31.6. The molecule has 0 spiro atoms. The van der Waals surface area contributed by atoms with E-state index in [2.05, 4.69) is 348 Å². The molecular formula is C124H144Ir4N8Si4-8. The van der Waals surface area contributed by atoms with Crippen LogP contribution in [0.2, 0.25) is 78.6 Å². The van der Waals surface area contributed by atoms with Gasteiger partial charge in [0.2, 0.25) is 0 Å². The molecule has 8 aromatic heterocycles. The third kappa shape index (κ3) is 39.6. The zero-order valence-electron chi connectivity index (χ0n) is 87.5. The Labute approximate surface area is 901 Å². The van der Waals surface area contributed by atoms with Crippen LogP contribution in [-0.4, -0.2) is 72.2 Å². The number of hydrogen-bond donors (Lipinski definition) is 0. The fraction of sp³-hybridized carbons (Fsp3) is 0.290. The van der Waals surface area contributed by atoms with Crippen molar-refractivity contribution in [3.05, 3.63) is 410 Å². The maximum absolute atomic E-state index is 4.77. The summed E-state index contributed by atoms with van der Waals surface area (Å²) in [5.74, 6) is 1.68. The summed E-state index contributed by atoms with van der Waals surface area (Å²) in [6.45, 7) is 62.6. The van der Waals surface area contributed by atoms with Gasteiger partial charge in [0.25, 0.3) is 0 Å². The van der Waals surface area contributed by atoms with Gasteiger partial charge in [-0.05, 0) is 138 Å². The second kappa shape index (κ2) is 58.3. The smallest absolute Gasteiger partial charge is 0.0799 e. The average Bonchev–Trinajstić information content (AvgIpc) is 0.742. The molecule has 0 fully saturated rings. The van der Waals surface area contributed by atoms with E-state index in [1.165, 1.54) is 78.1 Å². The Morgan fingerprint density at radius 1 is 0.286 bits per heavy atom. The first kappa shape index (κ1) is 121. The van der Waals surface area contributed by atoms with Gasteiger partial charge in [0.05, 0.1) is 32.3 Å². The van der Waals surface area contributed by atoms with Gasteiger partial charge < -0.3 is 39.9 Å². The van der Waals surface area contributed by atoms with Crippen molar-refractivity contribution in [1.82, 2.24) is 39.9 Å². The van der Waals surface area contributed by atoms with Crippen molar-refractivity contribution in [2.24, 2.45) is 16.7 Å². The molecule has 16 rings (SSSR count). The maximum Gasteiger partial charge on any atom is 0.0799 e. The van der Waals surface area contributed by atoms with E-state index in [1.54, 1.807) is 24.8 Å². The van der Waals surface area contributed by atoms with Crippen molar-refractivity contribution in [1.29, 1.82) is 0 Å². The number of nitrogens with zero attached hydrogens (tertiary/aromatic N) is 8. The summed E-state index contributed by atoms with van der Waals surface area (Å²) in [4.78, 5) is 35.9. The molecule has 740 valence electrons. The Morgan fingerprint density at radius 3 is 0.793 bits per heavy atom. The first-order valence-corrected chi connectivity index (χ1v) is 62.0. The standard InChI is InChI=1S/C21H30NSi.2C20H28NSi.C19H26NSi.4C11H8N.4Ir/c1-15-9-11-17(12-10-15)19-13-18(16(2)21(3,4)5)20(14-22-19)23(6,7)8;1-15-8-10-16(11-9-15)18-12-17(13-20(2,3)4)19(14-21-18)22(5,6)7;1-14(2)16(4)18-12-19(17-10-8-15(3)9-11-17)21-13-20(18)22(5,6)7;1-6-7-8-17-13-18(16-11-9-15(2)10-12-16)20-14-19(17)21(3,4)5;4*1-2-6-10(7-3-1)11-8-4-5-9-12-11;;;;/h9-11,13-14,16H,1-8H3;8-10,12,14H,13H2,1-7H3;8-10,12-14,16H,1-7H3;9-11,13-14H,6-8H2,1-5H3;4*1-6,8-9H;;;;/q8*-1;;;;. The number of pyridine rings is 8. The SMILES string of the molecule is CCCCc1cc(-c2[c-]cc(C)cc2)ncc1[Si](C)(C)C.Cc1c[c-]c(-c2cc(C(C)C(C)(C)C)c([Si](C)(C)C)cn2)cc1.Cc1c[c-]c(-c2cc(C(C)C(C)C)c([Si](C)(C)C)cn2)cc1.Cc1c[c-]c(-c2cc(CC(C)(C)C)c([Si](C)(C)C)cn2)cc1.[Ir].[Ir].[Ir].[Ir].[c-]1ccccc1-c1ccccn1.[c-]1ccccc1-c1ccccn1.[c-]1ccccc1-c1ccccn1.[c-]1ccccc1-c1ccccn1. The zero-order valence-corrected chi connectivity index (χ0v) is 101. The van der Waals surface area contributed by atoms with Gasteiger partial charge in [-0.2, -0.15) is 0 Å². The van der Waals surface area contributed by atoms with Crippen molar-refractivity contribution in [2.45, 2.75) is 220 Å². The van der Waals surface area contributed by atoms with E-state index in [0.29, 0.717) is 17.8 Å². The summed E-state index contributed by atoms with van der Waals surface area (Å²) in [5.41, 5.74) is 28.0. The molecule has 0 N–H and O–H groups in total. The fourth-order valence-electron chi connectivity index (χ4n) is 14.9. The molecular weight excluding hydrogens is 2480 g/mol. The molecule has 4 radical (unpaired) electrons. The van der Waals surface area contributed by atoms with Crippen LogP contribution >= 0.6 is 0 Å². The van der Waals surface area contributed by atoms with Crippen LogP contribution in [0.1, 0.15) is 145 Å². The van der Waals surface area contributed by atoms with Gasteiger partial charge >= 0.3 is 0 Å². The largest absolute Gasteiger partial charge is 0.305 e. The number of aromatic nitrogens is 8. The maximum atomic E-state index is 4.77. The molecule has 8 nitrogen and oxygen atoms in total. The van der Waals surface area contributed by atoms with Gasteiger partial charge in [-0.3, -0.25) is 0 Å². The van der Waals surface area contributed by atoms with E-state index >= 15 is 0 Å². The molecule has 0 amide bonds. The molecule has 0 aliphatic carbocycles. The molecule has 140 heavy (non-hydrogen) atoms. The Bertz CT molecular complexity index is 5770. The van der Waals surface area contributed by atoms with Crippen molar-refractivity contribution in [3.8, 4) is 90.1 Å². The van der Waals surface area contributed by atoms with Gasteiger partial charge in [0, 0.05) is 130 Å². The van der Waals surface area contributed by atoms with E-state index in [1.807, 2.05) is 194 Å². The molecule has 16 aromatic rings.